The third-order valence-corrected chi connectivity index (χ3v) is 10.4. The number of hydrogen-bond acceptors (Lipinski definition) is 3. The van der Waals surface area contributed by atoms with Crippen LogP contribution in [-0.4, -0.2) is 6.04 Å². The van der Waals surface area contributed by atoms with Crippen molar-refractivity contribution in [2.45, 2.75) is 30.7 Å². The Morgan fingerprint density at radius 1 is 0.787 bits per heavy atom. The molecule has 4 aromatic rings. The van der Waals surface area contributed by atoms with Crippen molar-refractivity contribution in [1.82, 2.24) is 0 Å². The highest BCUT2D eigenvalue weighted by Crippen LogP contribution is 2.65. The highest BCUT2D eigenvalue weighted by Gasteiger charge is 2.58. The van der Waals surface area contributed by atoms with Gasteiger partial charge >= 0.3 is 0 Å². The third-order valence-electron chi connectivity index (χ3n) is 10.4. The molecule has 0 saturated carbocycles. The lowest BCUT2D eigenvalue weighted by Gasteiger charge is -2.47. The highest BCUT2D eigenvalue weighted by molar-refractivity contribution is 5.86. The number of para-hydroxylation sites is 3. The van der Waals surface area contributed by atoms with Crippen molar-refractivity contribution >= 4 is 28.4 Å². The first kappa shape index (κ1) is 28.9. The van der Waals surface area contributed by atoms with Gasteiger partial charge in [0, 0.05) is 40.3 Å². The van der Waals surface area contributed by atoms with Crippen LogP contribution in [-0.2, 0) is 5.41 Å². The summed E-state index contributed by atoms with van der Waals surface area (Å²) >= 11 is 0. The molecule has 0 aromatic heterocycles. The number of rotatable bonds is 6. The summed E-state index contributed by atoms with van der Waals surface area (Å²) in [4.78, 5) is 5.01. The van der Waals surface area contributed by atoms with Crippen LogP contribution >= 0.6 is 0 Å². The molecule has 3 nitrogen and oxygen atoms in total. The normalized spacial score (nSPS) is 25.0. The van der Waals surface area contributed by atoms with Gasteiger partial charge in [-0.2, -0.15) is 0 Å². The lowest BCUT2D eigenvalue weighted by molar-refractivity contribution is 0.395. The van der Waals surface area contributed by atoms with Crippen LogP contribution in [0.5, 0.6) is 0 Å². The molecule has 2 aliphatic carbocycles. The van der Waals surface area contributed by atoms with E-state index in [-0.39, 0.29) is 17.9 Å². The van der Waals surface area contributed by atoms with E-state index in [1.807, 2.05) is 24.3 Å². The number of allylic oxidation sites excluding steroid dienone is 11. The summed E-state index contributed by atoms with van der Waals surface area (Å²) in [6.45, 7) is 6.32. The molecule has 0 radical (unpaired) electrons. The van der Waals surface area contributed by atoms with Crippen molar-refractivity contribution in [3.63, 3.8) is 0 Å². The molecule has 3 heteroatoms. The Kier molecular flexibility index (Phi) is 7.18. The Morgan fingerprint density at radius 2 is 1.53 bits per heavy atom. The van der Waals surface area contributed by atoms with Crippen molar-refractivity contribution in [3.05, 3.63) is 198 Å². The molecule has 0 fully saturated rings. The summed E-state index contributed by atoms with van der Waals surface area (Å²) in [5, 5.41) is 0. The Balaban J connectivity index is 1.43. The molecule has 0 bridgehead atoms. The third kappa shape index (κ3) is 4.41. The van der Waals surface area contributed by atoms with Crippen molar-refractivity contribution in [1.29, 1.82) is 0 Å². The number of nitrogens with zero attached hydrogens (tertiary/aromatic N) is 2. The quantitative estimate of drug-likeness (QED) is 0.174. The van der Waals surface area contributed by atoms with Crippen LogP contribution in [0.25, 0.3) is 0 Å². The summed E-state index contributed by atoms with van der Waals surface area (Å²) in [5.74, 6) is 0.338. The zero-order valence-corrected chi connectivity index (χ0v) is 26.7. The van der Waals surface area contributed by atoms with Crippen LogP contribution in [0.15, 0.2) is 187 Å². The lowest BCUT2D eigenvalue weighted by Crippen LogP contribution is -2.45. The lowest BCUT2D eigenvalue weighted by atomic mass is 9.56. The van der Waals surface area contributed by atoms with Crippen molar-refractivity contribution in [2.75, 3.05) is 15.5 Å². The summed E-state index contributed by atoms with van der Waals surface area (Å²) in [5.41, 5.74) is 18.1. The summed E-state index contributed by atoms with van der Waals surface area (Å²) in [6, 6.07) is 37.3. The number of nitrogen functional groups attached to an aromatic ring is 1. The van der Waals surface area contributed by atoms with Gasteiger partial charge in [0.25, 0.3) is 0 Å². The fourth-order valence-corrected chi connectivity index (χ4v) is 8.57. The van der Waals surface area contributed by atoms with Gasteiger partial charge in [0.05, 0.1) is 17.1 Å². The van der Waals surface area contributed by atoms with E-state index in [9.17, 15) is 0 Å². The molecule has 2 N–H and O–H groups in total. The Hall–Kier alpha value is -5.54. The van der Waals surface area contributed by atoms with E-state index in [0.717, 1.165) is 23.5 Å². The fourth-order valence-electron chi connectivity index (χ4n) is 8.57. The summed E-state index contributed by atoms with van der Waals surface area (Å²) in [6.07, 6.45) is 23.4. The van der Waals surface area contributed by atoms with Crippen LogP contribution in [0.1, 0.15) is 30.4 Å². The van der Waals surface area contributed by atoms with Crippen molar-refractivity contribution < 1.29 is 0 Å². The Labute approximate surface area is 278 Å². The molecule has 47 heavy (non-hydrogen) atoms. The average Bonchev–Trinajstić information content (AvgIpc) is 3.60. The molecule has 0 amide bonds. The van der Waals surface area contributed by atoms with Gasteiger partial charge in [-0.15, -0.1) is 0 Å². The summed E-state index contributed by atoms with van der Waals surface area (Å²) < 4.78 is 0. The minimum absolute atomic E-state index is 0.110. The van der Waals surface area contributed by atoms with Gasteiger partial charge in [-0.05, 0) is 84.7 Å². The van der Waals surface area contributed by atoms with E-state index >= 15 is 0 Å². The molecule has 230 valence electrons. The van der Waals surface area contributed by atoms with E-state index in [1.54, 1.807) is 0 Å². The smallest absolute Gasteiger partial charge is 0.0666 e. The first-order valence-corrected chi connectivity index (χ1v) is 16.5. The van der Waals surface area contributed by atoms with Gasteiger partial charge in [-0.1, -0.05) is 121 Å². The van der Waals surface area contributed by atoms with Crippen molar-refractivity contribution in [2.24, 2.45) is 5.92 Å². The molecule has 4 unspecified atom stereocenters. The molecular weight excluding hydrogens is 571 g/mol. The number of benzene rings is 4. The largest absolute Gasteiger partial charge is 0.399 e. The fraction of sp³-hybridized carbons (Fsp3) is 0.136. The van der Waals surface area contributed by atoms with Gasteiger partial charge in [0.15, 0.2) is 0 Å². The van der Waals surface area contributed by atoms with Crippen LogP contribution in [0.3, 0.4) is 0 Å². The maximum absolute atomic E-state index is 6.17. The first-order valence-electron chi connectivity index (χ1n) is 16.5. The molecule has 4 atom stereocenters. The summed E-state index contributed by atoms with van der Waals surface area (Å²) in [7, 11) is 0. The SMILES string of the molecule is C=CC=C/C=C1/N(c2ccccc2)c2ccccc2C1(C1=CC=CC2C1c1ccccc1N2c1ccc(N)cc1)C1CC=CC=C1C. The topological polar surface area (TPSA) is 32.5 Å². The Bertz CT molecular complexity index is 2020. The van der Waals surface area contributed by atoms with E-state index in [1.165, 1.54) is 39.3 Å². The predicted molar refractivity (Wildman–Crippen MR) is 198 cm³/mol. The maximum Gasteiger partial charge on any atom is 0.0666 e. The molecular formula is C44H39N3. The number of anilines is 5. The minimum Gasteiger partial charge on any atom is -0.399 e. The second-order valence-corrected chi connectivity index (χ2v) is 12.8. The van der Waals surface area contributed by atoms with Crippen LogP contribution in [0.2, 0.25) is 0 Å². The van der Waals surface area contributed by atoms with Gasteiger partial charge in [0.2, 0.25) is 0 Å². The molecule has 2 heterocycles. The highest BCUT2D eigenvalue weighted by atomic mass is 15.2. The van der Waals surface area contributed by atoms with Gasteiger partial charge in [0.1, 0.15) is 0 Å². The van der Waals surface area contributed by atoms with Gasteiger partial charge < -0.3 is 15.5 Å². The zero-order chi connectivity index (χ0) is 32.0. The van der Waals surface area contributed by atoms with E-state index in [0.29, 0.717) is 0 Å². The molecule has 4 aromatic carbocycles. The number of hydrogen-bond donors (Lipinski definition) is 1. The average molecular weight is 610 g/mol. The van der Waals surface area contributed by atoms with Crippen LogP contribution < -0.4 is 15.5 Å². The van der Waals surface area contributed by atoms with E-state index in [2.05, 4.69) is 163 Å². The van der Waals surface area contributed by atoms with Gasteiger partial charge in [-0.25, -0.2) is 0 Å². The monoisotopic (exact) mass is 609 g/mol. The molecule has 2 aliphatic heterocycles. The molecule has 0 spiro atoms. The zero-order valence-electron chi connectivity index (χ0n) is 26.7. The Morgan fingerprint density at radius 3 is 2.32 bits per heavy atom. The van der Waals surface area contributed by atoms with E-state index in [4.69, 9.17) is 5.73 Å². The van der Waals surface area contributed by atoms with E-state index < -0.39 is 5.41 Å². The standard InChI is InChI=1S/C44H39N3/c1-3-4-6-26-42-44(36-20-11-9-16-31(36)2,37-21-12-14-24-40(37)47(42)33-17-7-5-8-18-33)38-22-15-25-41-43(38)35-19-10-13-23-39(35)46(41)34-29-27-32(45)28-30-34/h3-19,21-30,36,41,43H,1,20,45H2,2H3/b6-4?,42-26+. The molecule has 4 aliphatic rings. The number of nitrogens with two attached hydrogens (primary N) is 1. The predicted octanol–water partition coefficient (Wildman–Crippen LogP) is 10.6. The van der Waals surface area contributed by atoms with Crippen molar-refractivity contribution in [3.8, 4) is 0 Å². The molecule has 8 rings (SSSR count). The minimum atomic E-state index is -0.457. The van der Waals surface area contributed by atoms with Gasteiger partial charge in [-0.3, -0.25) is 0 Å². The number of fused-ring (bicyclic) bond motifs is 4. The second kappa shape index (κ2) is 11.7. The van der Waals surface area contributed by atoms with Crippen LogP contribution in [0.4, 0.5) is 28.4 Å². The first-order chi connectivity index (χ1) is 23.1. The maximum atomic E-state index is 6.17. The van der Waals surface area contributed by atoms with Crippen LogP contribution in [0, 0.1) is 5.92 Å². The molecule has 0 saturated heterocycles. The second-order valence-electron chi connectivity index (χ2n) is 12.8.